The Balaban J connectivity index is 1.84. The number of fused-ring (bicyclic) bond motifs is 2. The number of hydrogen-bond acceptors (Lipinski definition) is 4. The third kappa shape index (κ3) is 3.09. The van der Waals surface area contributed by atoms with Crippen LogP contribution in [0, 0.1) is 5.41 Å². The van der Waals surface area contributed by atoms with Crippen molar-refractivity contribution in [3.05, 3.63) is 46.3 Å². The van der Waals surface area contributed by atoms with Gasteiger partial charge in [0.2, 0.25) is 0 Å². The minimum absolute atomic E-state index is 0.0439. The molecular weight excluding hydrogens is 389 g/mol. The second kappa shape index (κ2) is 6.27. The number of hydrogen-bond donors (Lipinski definition) is 1. The van der Waals surface area contributed by atoms with E-state index in [-0.39, 0.29) is 11.0 Å². The van der Waals surface area contributed by atoms with Gasteiger partial charge in [0.25, 0.3) is 0 Å². The van der Waals surface area contributed by atoms with Gasteiger partial charge in [-0.25, -0.2) is 0 Å². The molecule has 1 atom stereocenters. The van der Waals surface area contributed by atoms with E-state index in [0.29, 0.717) is 10.7 Å². The van der Waals surface area contributed by atoms with E-state index >= 15 is 0 Å². The molecule has 4 rings (SSSR count). The lowest BCUT2D eigenvalue weighted by molar-refractivity contribution is -0.137. The van der Waals surface area contributed by atoms with Crippen LogP contribution in [0.15, 0.2) is 35.3 Å². The Labute approximate surface area is 165 Å². The van der Waals surface area contributed by atoms with Crippen molar-refractivity contribution >= 4 is 28.3 Å². The molecule has 1 aliphatic carbocycles. The van der Waals surface area contributed by atoms with E-state index in [0.717, 1.165) is 41.5 Å². The van der Waals surface area contributed by atoms with Gasteiger partial charge >= 0.3 is 6.18 Å². The monoisotopic (exact) mass is 410 g/mol. The van der Waals surface area contributed by atoms with Gasteiger partial charge in [-0.05, 0) is 54.0 Å². The van der Waals surface area contributed by atoms with Crippen molar-refractivity contribution < 1.29 is 13.2 Å². The van der Waals surface area contributed by atoms with Gasteiger partial charge < -0.3 is 5.73 Å². The lowest BCUT2D eigenvalue weighted by Gasteiger charge is -2.49. The maximum absolute atomic E-state index is 13.1. The molecule has 1 spiro atoms. The number of nitrogens with two attached hydrogens (primary N) is 1. The summed E-state index contributed by atoms with van der Waals surface area (Å²) in [7, 11) is 0. The first-order valence-electron chi connectivity index (χ1n) is 8.91. The number of nitrogens with zero attached hydrogens (tertiary/aromatic N) is 1. The lowest BCUT2D eigenvalue weighted by Crippen LogP contribution is -2.47. The highest BCUT2D eigenvalue weighted by molar-refractivity contribution is 8.13. The molecule has 2 N–H and O–H groups in total. The molecule has 1 aromatic heterocycles. The van der Waals surface area contributed by atoms with Crippen LogP contribution in [-0.4, -0.2) is 10.9 Å². The van der Waals surface area contributed by atoms with Crippen LogP contribution < -0.4 is 5.73 Å². The number of aryl methyl sites for hydroxylation is 1. The molecule has 2 aromatic rings. The SMILES string of the molecule is CC1(C)CCc2sc(-c3cccc(C(F)(F)F)c3)cc2C12CCSC(N)=N2. The molecule has 27 heavy (non-hydrogen) atoms. The molecule has 0 radical (unpaired) electrons. The van der Waals surface area contributed by atoms with Gasteiger partial charge in [-0.15, -0.1) is 11.3 Å². The summed E-state index contributed by atoms with van der Waals surface area (Å²) in [5, 5.41) is 0.606. The highest BCUT2D eigenvalue weighted by atomic mass is 32.2. The Morgan fingerprint density at radius 1 is 1.15 bits per heavy atom. The normalized spacial score (nSPS) is 24.6. The van der Waals surface area contributed by atoms with E-state index in [1.165, 1.54) is 17.0 Å². The topological polar surface area (TPSA) is 38.4 Å². The largest absolute Gasteiger partial charge is 0.416 e. The van der Waals surface area contributed by atoms with Crippen molar-refractivity contribution in [1.82, 2.24) is 0 Å². The van der Waals surface area contributed by atoms with E-state index in [1.54, 1.807) is 29.2 Å². The van der Waals surface area contributed by atoms with Gasteiger partial charge in [0.15, 0.2) is 5.17 Å². The van der Waals surface area contributed by atoms with E-state index in [4.69, 9.17) is 10.7 Å². The molecular formula is C20H21F3N2S2. The minimum Gasteiger partial charge on any atom is -0.379 e. The highest BCUT2D eigenvalue weighted by Crippen LogP contribution is 2.57. The van der Waals surface area contributed by atoms with Crippen LogP contribution in [-0.2, 0) is 18.1 Å². The third-order valence-corrected chi connectivity index (χ3v) is 7.88. The van der Waals surface area contributed by atoms with Gasteiger partial charge in [-0.2, -0.15) is 13.2 Å². The zero-order valence-electron chi connectivity index (χ0n) is 15.2. The Morgan fingerprint density at radius 2 is 1.93 bits per heavy atom. The summed E-state index contributed by atoms with van der Waals surface area (Å²) >= 11 is 3.17. The number of amidine groups is 1. The van der Waals surface area contributed by atoms with E-state index in [2.05, 4.69) is 19.9 Å². The quantitative estimate of drug-likeness (QED) is 0.621. The van der Waals surface area contributed by atoms with Crippen LogP contribution in [0.2, 0.25) is 0 Å². The number of aliphatic imine (C=N–C) groups is 1. The first kappa shape index (κ1) is 18.9. The van der Waals surface area contributed by atoms with Crippen molar-refractivity contribution in [3.63, 3.8) is 0 Å². The minimum atomic E-state index is -4.34. The molecule has 1 aromatic carbocycles. The van der Waals surface area contributed by atoms with Crippen molar-refractivity contribution in [1.29, 1.82) is 0 Å². The molecule has 144 valence electrons. The van der Waals surface area contributed by atoms with Crippen molar-refractivity contribution in [2.75, 3.05) is 5.75 Å². The van der Waals surface area contributed by atoms with Crippen LogP contribution in [0.25, 0.3) is 10.4 Å². The van der Waals surface area contributed by atoms with E-state index in [1.807, 2.05) is 0 Å². The fourth-order valence-electron chi connectivity index (χ4n) is 4.22. The van der Waals surface area contributed by atoms with Crippen LogP contribution in [0.4, 0.5) is 13.2 Å². The van der Waals surface area contributed by atoms with Crippen molar-refractivity contribution in [2.24, 2.45) is 16.1 Å². The van der Waals surface area contributed by atoms with Gasteiger partial charge in [0.1, 0.15) is 0 Å². The van der Waals surface area contributed by atoms with Gasteiger partial charge in [-0.3, -0.25) is 4.99 Å². The molecule has 0 bridgehead atoms. The molecule has 0 fully saturated rings. The number of rotatable bonds is 1. The Kier molecular flexibility index (Phi) is 4.38. The molecule has 7 heteroatoms. The molecule has 1 unspecified atom stereocenters. The number of thiophene rings is 1. The summed E-state index contributed by atoms with van der Waals surface area (Å²) in [5.41, 5.74) is 6.82. The fourth-order valence-corrected chi connectivity index (χ4v) is 6.27. The Hall–Kier alpha value is -1.47. The smallest absolute Gasteiger partial charge is 0.379 e. The second-order valence-corrected chi connectivity index (χ2v) is 10.1. The summed E-state index contributed by atoms with van der Waals surface area (Å²) in [5.74, 6) is 0.910. The zero-order valence-corrected chi connectivity index (χ0v) is 16.8. The second-order valence-electron chi connectivity index (χ2n) is 7.82. The molecule has 2 nitrogen and oxygen atoms in total. The predicted molar refractivity (Wildman–Crippen MR) is 107 cm³/mol. The maximum Gasteiger partial charge on any atom is 0.416 e. The third-order valence-electron chi connectivity index (χ3n) is 5.84. The molecule has 2 heterocycles. The van der Waals surface area contributed by atoms with Gasteiger partial charge in [0, 0.05) is 15.5 Å². The summed E-state index contributed by atoms with van der Waals surface area (Å²) < 4.78 is 39.3. The molecule has 0 amide bonds. The average Bonchev–Trinajstić information content (AvgIpc) is 3.04. The van der Waals surface area contributed by atoms with Crippen LogP contribution in [0.1, 0.15) is 42.7 Å². The molecule has 0 saturated heterocycles. The molecule has 0 saturated carbocycles. The number of alkyl halides is 3. The van der Waals surface area contributed by atoms with Crippen molar-refractivity contribution in [2.45, 2.75) is 44.8 Å². The Bertz CT molecular complexity index is 914. The van der Waals surface area contributed by atoms with Crippen molar-refractivity contribution in [3.8, 4) is 10.4 Å². The van der Waals surface area contributed by atoms with E-state index in [9.17, 15) is 13.2 Å². The first-order chi connectivity index (χ1) is 12.6. The maximum atomic E-state index is 13.1. The lowest BCUT2D eigenvalue weighted by atomic mass is 9.61. The fraction of sp³-hybridized carbons (Fsp3) is 0.450. The number of halogens is 3. The summed E-state index contributed by atoms with van der Waals surface area (Å²) in [6, 6.07) is 7.64. The highest BCUT2D eigenvalue weighted by Gasteiger charge is 2.51. The van der Waals surface area contributed by atoms with Crippen LogP contribution >= 0.6 is 23.1 Å². The predicted octanol–water partition coefficient (Wildman–Crippen LogP) is 6.05. The summed E-state index contributed by atoms with van der Waals surface area (Å²) in [4.78, 5) is 7.01. The number of benzene rings is 1. The van der Waals surface area contributed by atoms with Crippen LogP contribution in [0.5, 0.6) is 0 Å². The van der Waals surface area contributed by atoms with E-state index < -0.39 is 11.7 Å². The molecule has 2 aliphatic rings. The molecule has 1 aliphatic heterocycles. The first-order valence-corrected chi connectivity index (χ1v) is 10.7. The number of thioether (sulfide) groups is 1. The average molecular weight is 411 g/mol. The Morgan fingerprint density at radius 3 is 2.63 bits per heavy atom. The van der Waals surface area contributed by atoms with Gasteiger partial charge in [0.05, 0.1) is 11.1 Å². The van der Waals surface area contributed by atoms with Crippen LogP contribution in [0.3, 0.4) is 0 Å². The van der Waals surface area contributed by atoms with Gasteiger partial charge in [-0.1, -0.05) is 37.7 Å². The zero-order chi connectivity index (χ0) is 19.4. The standard InChI is InChI=1S/C20H21F3N2S2/c1-18(2)7-6-15-14(19(18)8-9-26-17(24)25-19)11-16(27-15)12-4-3-5-13(10-12)20(21,22)23/h3-5,10-11H,6-9H2,1-2H3,(H2,24,25). The summed E-state index contributed by atoms with van der Waals surface area (Å²) in [6.45, 7) is 4.45. The summed E-state index contributed by atoms with van der Waals surface area (Å²) in [6.07, 6.45) is -1.52.